The topological polar surface area (TPSA) is 89.7 Å². The number of rotatable bonds is 7. The van der Waals surface area contributed by atoms with Crippen LogP contribution in [0.2, 0.25) is 0 Å². The molecule has 0 spiro atoms. The van der Waals surface area contributed by atoms with E-state index in [-0.39, 0.29) is 6.03 Å². The molecule has 2 amide bonds. The van der Waals surface area contributed by atoms with E-state index in [4.69, 9.17) is 14.0 Å². The number of hydrogen-bond acceptors (Lipinski definition) is 7. The monoisotopic (exact) mass is 488 g/mol. The number of carbonyl (C=O) groups is 1. The molecule has 9 heteroatoms. The standard InChI is InChI=1S/C26H24N4O4S/c1-4-33-19-12-10-17(11-13-19)23-22(25-28-24(29-34-25)21-9-6-14-35-21)16(2)30(26(31)27-23)18-7-5-8-20(15-18)32-3/h5-15,23H,4H2,1-3H3,(H,27,31). The molecule has 3 heterocycles. The highest BCUT2D eigenvalue weighted by molar-refractivity contribution is 7.13. The van der Waals surface area contributed by atoms with Gasteiger partial charge in [-0.1, -0.05) is 29.4 Å². The second-order valence-corrected chi connectivity index (χ2v) is 8.77. The third kappa shape index (κ3) is 4.38. The first-order chi connectivity index (χ1) is 17.1. The molecule has 0 saturated heterocycles. The molecule has 0 bridgehead atoms. The Morgan fingerprint density at radius 1 is 1.11 bits per heavy atom. The summed E-state index contributed by atoms with van der Waals surface area (Å²) in [4.78, 5) is 20.6. The molecule has 1 N–H and O–H groups in total. The van der Waals surface area contributed by atoms with Crippen molar-refractivity contribution in [3.63, 3.8) is 0 Å². The van der Waals surface area contributed by atoms with Gasteiger partial charge in [0.05, 0.1) is 35.9 Å². The predicted octanol–water partition coefficient (Wildman–Crippen LogP) is 5.91. The fourth-order valence-corrected chi connectivity index (χ4v) is 4.74. The highest BCUT2D eigenvalue weighted by Crippen LogP contribution is 2.40. The molecule has 1 aliphatic heterocycles. The van der Waals surface area contributed by atoms with Gasteiger partial charge in [0.15, 0.2) is 0 Å². The molecule has 4 aromatic rings. The quantitative estimate of drug-likeness (QED) is 0.348. The lowest BCUT2D eigenvalue weighted by atomic mass is 9.94. The van der Waals surface area contributed by atoms with Gasteiger partial charge < -0.3 is 19.3 Å². The Labute approximate surface area is 206 Å². The van der Waals surface area contributed by atoms with E-state index in [1.807, 2.05) is 79.9 Å². The number of amides is 2. The van der Waals surface area contributed by atoms with Crippen molar-refractivity contribution >= 4 is 28.6 Å². The third-order valence-electron chi connectivity index (χ3n) is 5.72. The molecule has 0 radical (unpaired) electrons. The van der Waals surface area contributed by atoms with Gasteiger partial charge >= 0.3 is 6.03 Å². The van der Waals surface area contributed by atoms with E-state index in [0.717, 1.165) is 16.2 Å². The predicted molar refractivity (Wildman–Crippen MR) is 135 cm³/mol. The van der Waals surface area contributed by atoms with Crippen LogP contribution >= 0.6 is 11.3 Å². The van der Waals surface area contributed by atoms with Gasteiger partial charge in [-0.15, -0.1) is 11.3 Å². The summed E-state index contributed by atoms with van der Waals surface area (Å²) in [6.45, 7) is 4.39. The molecule has 0 saturated carbocycles. The molecule has 1 unspecified atom stereocenters. The van der Waals surface area contributed by atoms with Crippen molar-refractivity contribution in [2.24, 2.45) is 0 Å². The van der Waals surface area contributed by atoms with Gasteiger partial charge in [-0.25, -0.2) is 4.79 Å². The number of nitrogens with zero attached hydrogens (tertiary/aromatic N) is 3. The van der Waals surface area contributed by atoms with Crippen LogP contribution in [-0.2, 0) is 0 Å². The number of anilines is 1. The summed E-state index contributed by atoms with van der Waals surface area (Å²) < 4.78 is 16.7. The minimum absolute atomic E-state index is 0.267. The fraction of sp³-hybridized carbons (Fsp3) is 0.192. The summed E-state index contributed by atoms with van der Waals surface area (Å²) in [5.41, 5.74) is 2.94. The third-order valence-corrected chi connectivity index (χ3v) is 6.58. The first-order valence-corrected chi connectivity index (χ1v) is 12.0. The molecule has 35 heavy (non-hydrogen) atoms. The van der Waals surface area contributed by atoms with Gasteiger partial charge in [-0.2, -0.15) is 4.98 Å². The van der Waals surface area contributed by atoms with E-state index in [9.17, 15) is 4.79 Å². The largest absolute Gasteiger partial charge is 0.497 e. The summed E-state index contributed by atoms with van der Waals surface area (Å²) in [7, 11) is 1.59. The molecule has 178 valence electrons. The maximum Gasteiger partial charge on any atom is 0.327 e. The summed E-state index contributed by atoms with van der Waals surface area (Å²) in [6, 6.07) is 18.1. The van der Waals surface area contributed by atoms with E-state index in [0.29, 0.717) is 41.0 Å². The molecule has 0 fully saturated rings. The van der Waals surface area contributed by atoms with Crippen LogP contribution in [0.5, 0.6) is 11.5 Å². The average Bonchev–Trinajstić information content (AvgIpc) is 3.57. The summed E-state index contributed by atoms with van der Waals surface area (Å²) in [5, 5.41) is 9.28. The van der Waals surface area contributed by atoms with Crippen molar-refractivity contribution in [1.82, 2.24) is 15.5 Å². The van der Waals surface area contributed by atoms with Crippen molar-refractivity contribution in [2.75, 3.05) is 18.6 Å². The van der Waals surface area contributed by atoms with E-state index >= 15 is 0 Å². The first-order valence-electron chi connectivity index (χ1n) is 11.1. The van der Waals surface area contributed by atoms with Crippen LogP contribution in [0.15, 0.2) is 76.3 Å². The molecule has 1 atom stereocenters. The number of aromatic nitrogens is 2. The Morgan fingerprint density at radius 3 is 2.66 bits per heavy atom. The lowest BCUT2D eigenvalue weighted by molar-refractivity contribution is 0.244. The maximum absolute atomic E-state index is 13.4. The molecule has 2 aromatic carbocycles. The van der Waals surface area contributed by atoms with E-state index in [2.05, 4.69) is 15.5 Å². The van der Waals surface area contributed by atoms with Crippen molar-refractivity contribution in [2.45, 2.75) is 19.9 Å². The second-order valence-electron chi connectivity index (χ2n) is 7.82. The zero-order valence-electron chi connectivity index (χ0n) is 19.5. The molecule has 1 aliphatic rings. The van der Waals surface area contributed by atoms with Crippen LogP contribution in [0.25, 0.3) is 16.3 Å². The van der Waals surface area contributed by atoms with Crippen molar-refractivity contribution < 1.29 is 18.8 Å². The van der Waals surface area contributed by atoms with Crippen LogP contribution in [0.1, 0.15) is 31.3 Å². The number of ether oxygens (including phenoxy) is 2. The molecule has 5 rings (SSSR count). The van der Waals surface area contributed by atoms with Gasteiger partial charge in [-0.3, -0.25) is 4.90 Å². The van der Waals surface area contributed by atoms with Crippen LogP contribution < -0.4 is 19.7 Å². The van der Waals surface area contributed by atoms with Crippen LogP contribution in [-0.4, -0.2) is 29.9 Å². The Balaban J connectivity index is 1.63. The smallest absolute Gasteiger partial charge is 0.327 e. The minimum Gasteiger partial charge on any atom is -0.497 e. The maximum atomic E-state index is 13.4. The highest BCUT2D eigenvalue weighted by atomic mass is 32.1. The normalized spacial score (nSPS) is 15.8. The number of allylic oxidation sites excluding steroid dienone is 1. The van der Waals surface area contributed by atoms with Crippen LogP contribution in [0, 0.1) is 0 Å². The molecule has 0 aliphatic carbocycles. The molecule has 8 nitrogen and oxygen atoms in total. The fourth-order valence-electron chi connectivity index (χ4n) is 4.09. The zero-order chi connectivity index (χ0) is 24.4. The molecular formula is C26H24N4O4S. The summed E-state index contributed by atoms with van der Waals surface area (Å²) >= 11 is 1.53. The first kappa shape index (κ1) is 22.7. The Hall–Kier alpha value is -4.11. The number of methoxy groups -OCH3 is 1. The van der Waals surface area contributed by atoms with E-state index in [1.165, 1.54) is 11.3 Å². The summed E-state index contributed by atoms with van der Waals surface area (Å²) in [5.74, 6) is 2.26. The Morgan fingerprint density at radius 2 is 1.94 bits per heavy atom. The van der Waals surface area contributed by atoms with Gasteiger partial charge in [-0.05, 0) is 55.1 Å². The lowest BCUT2D eigenvalue weighted by Crippen LogP contribution is -2.46. The van der Waals surface area contributed by atoms with Crippen molar-refractivity contribution in [1.29, 1.82) is 0 Å². The lowest BCUT2D eigenvalue weighted by Gasteiger charge is -2.35. The highest BCUT2D eigenvalue weighted by Gasteiger charge is 2.36. The average molecular weight is 489 g/mol. The van der Waals surface area contributed by atoms with Crippen molar-refractivity contribution in [3.05, 3.63) is 83.2 Å². The number of nitrogens with one attached hydrogen (secondary N) is 1. The molecular weight excluding hydrogens is 464 g/mol. The zero-order valence-corrected chi connectivity index (χ0v) is 20.3. The van der Waals surface area contributed by atoms with E-state index in [1.54, 1.807) is 12.0 Å². The van der Waals surface area contributed by atoms with Gasteiger partial charge in [0.25, 0.3) is 5.89 Å². The van der Waals surface area contributed by atoms with Gasteiger partial charge in [0.2, 0.25) is 5.82 Å². The number of benzene rings is 2. The summed E-state index contributed by atoms with van der Waals surface area (Å²) in [6.07, 6.45) is 0. The number of thiophene rings is 1. The minimum atomic E-state index is -0.489. The number of hydrogen-bond donors (Lipinski definition) is 1. The second kappa shape index (κ2) is 9.63. The van der Waals surface area contributed by atoms with Crippen LogP contribution in [0.3, 0.4) is 0 Å². The number of urea groups is 1. The Kier molecular flexibility index (Phi) is 6.24. The molecule has 2 aromatic heterocycles. The van der Waals surface area contributed by atoms with Gasteiger partial charge in [0, 0.05) is 11.8 Å². The van der Waals surface area contributed by atoms with E-state index < -0.39 is 6.04 Å². The van der Waals surface area contributed by atoms with Gasteiger partial charge in [0.1, 0.15) is 11.5 Å². The Bertz CT molecular complexity index is 1360. The SMILES string of the molecule is CCOc1ccc(C2NC(=O)N(c3cccc(OC)c3)C(C)=C2c2nc(-c3cccs3)no2)cc1. The van der Waals surface area contributed by atoms with Crippen molar-refractivity contribution in [3.8, 4) is 22.2 Å². The number of carbonyl (C=O) groups excluding carboxylic acids is 1. The van der Waals surface area contributed by atoms with Crippen LogP contribution in [0.4, 0.5) is 10.5 Å².